The second-order valence-corrected chi connectivity index (χ2v) is 7.08. The number of amides is 2. The molecule has 26 heavy (non-hydrogen) atoms. The Morgan fingerprint density at radius 1 is 0.962 bits per heavy atom. The van der Waals surface area contributed by atoms with Gasteiger partial charge in [-0.05, 0) is 41.7 Å². The van der Waals surface area contributed by atoms with Crippen molar-refractivity contribution in [1.29, 1.82) is 0 Å². The van der Waals surface area contributed by atoms with Crippen LogP contribution < -0.4 is 10.6 Å². The van der Waals surface area contributed by atoms with Gasteiger partial charge >= 0.3 is 0 Å². The van der Waals surface area contributed by atoms with E-state index < -0.39 is 0 Å². The van der Waals surface area contributed by atoms with Crippen LogP contribution in [-0.2, 0) is 16.1 Å². The molecule has 4 nitrogen and oxygen atoms in total. The van der Waals surface area contributed by atoms with Crippen molar-refractivity contribution in [2.45, 2.75) is 32.2 Å². The first-order valence-corrected chi connectivity index (χ1v) is 9.39. The molecule has 0 aromatic heterocycles. The van der Waals surface area contributed by atoms with Crippen molar-refractivity contribution in [2.75, 3.05) is 6.54 Å². The van der Waals surface area contributed by atoms with Crippen molar-refractivity contribution in [3.63, 3.8) is 0 Å². The van der Waals surface area contributed by atoms with Gasteiger partial charge in [0.15, 0.2) is 0 Å². The molecule has 2 aromatic rings. The highest BCUT2D eigenvalue weighted by atomic mass is 35.5. The van der Waals surface area contributed by atoms with Crippen LogP contribution in [0.5, 0.6) is 0 Å². The Labute approximate surface area is 158 Å². The summed E-state index contributed by atoms with van der Waals surface area (Å²) in [6, 6.07) is 15.6. The molecule has 0 saturated heterocycles. The molecule has 0 atom stereocenters. The SMILES string of the molecule is O=C(CNC(=O)C1CCCC1)NCc1ccccc1-c1ccc(Cl)cc1. The maximum absolute atomic E-state index is 12.1. The molecule has 0 bridgehead atoms. The molecule has 1 saturated carbocycles. The minimum absolute atomic E-state index is 0.000727. The normalized spacial score (nSPS) is 14.2. The number of rotatable bonds is 6. The van der Waals surface area contributed by atoms with E-state index in [-0.39, 0.29) is 24.3 Å². The zero-order chi connectivity index (χ0) is 18.4. The van der Waals surface area contributed by atoms with E-state index >= 15 is 0 Å². The summed E-state index contributed by atoms with van der Waals surface area (Å²) in [5.41, 5.74) is 3.12. The first-order valence-electron chi connectivity index (χ1n) is 9.02. The Hall–Kier alpha value is -2.33. The van der Waals surface area contributed by atoms with Gasteiger partial charge in [-0.15, -0.1) is 0 Å². The van der Waals surface area contributed by atoms with Gasteiger partial charge in [0.2, 0.25) is 11.8 Å². The smallest absolute Gasteiger partial charge is 0.239 e. The first kappa shape index (κ1) is 18.5. The maximum atomic E-state index is 12.1. The molecular weight excluding hydrogens is 348 g/mol. The van der Waals surface area contributed by atoms with E-state index in [2.05, 4.69) is 10.6 Å². The lowest BCUT2D eigenvalue weighted by molar-refractivity contribution is -0.128. The van der Waals surface area contributed by atoms with Gasteiger partial charge in [0.05, 0.1) is 6.54 Å². The number of hydrogen-bond acceptors (Lipinski definition) is 2. The fraction of sp³-hybridized carbons (Fsp3) is 0.333. The van der Waals surface area contributed by atoms with Crippen LogP contribution in [-0.4, -0.2) is 18.4 Å². The third-order valence-corrected chi connectivity index (χ3v) is 5.05. The lowest BCUT2D eigenvalue weighted by Gasteiger charge is -2.13. The van der Waals surface area contributed by atoms with Crippen LogP contribution in [0.1, 0.15) is 31.2 Å². The van der Waals surface area contributed by atoms with Gasteiger partial charge in [-0.2, -0.15) is 0 Å². The van der Waals surface area contributed by atoms with E-state index in [1.54, 1.807) is 0 Å². The fourth-order valence-corrected chi connectivity index (χ4v) is 3.47. The van der Waals surface area contributed by atoms with Crippen LogP contribution in [0.2, 0.25) is 5.02 Å². The topological polar surface area (TPSA) is 58.2 Å². The van der Waals surface area contributed by atoms with Crippen molar-refractivity contribution >= 4 is 23.4 Å². The van der Waals surface area contributed by atoms with Crippen LogP contribution in [0.3, 0.4) is 0 Å². The second-order valence-electron chi connectivity index (χ2n) is 6.64. The summed E-state index contributed by atoms with van der Waals surface area (Å²) in [5, 5.41) is 6.33. The molecule has 3 rings (SSSR count). The predicted molar refractivity (Wildman–Crippen MR) is 104 cm³/mol. The monoisotopic (exact) mass is 370 g/mol. The highest BCUT2D eigenvalue weighted by molar-refractivity contribution is 6.30. The Bertz CT molecular complexity index is 768. The number of hydrogen-bond donors (Lipinski definition) is 2. The number of halogens is 1. The molecule has 2 amide bonds. The van der Waals surface area contributed by atoms with Crippen LogP contribution >= 0.6 is 11.6 Å². The van der Waals surface area contributed by atoms with Crippen molar-refractivity contribution in [3.8, 4) is 11.1 Å². The van der Waals surface area contributed by atoms with Crippen molar-refractivity contribution in [1.82, 2.24) is 10.6 Å². The van der Waals surface area contributed by atoms with Gasteiger partial charge in [0, 0.05) is 17.5 Å². The molecular formula is C21H23ClN2O2. The molecule has 0 heterocycles. The summed E-state index contributed by atoms with van der Waals surface area (Å²) in [4.78, 5) is 24.1. The van der Waals surface area contributed by atoms with E-state index in [9.17, 15) is 9.59 Å². The Morgan fingerprint density at radius 2 is 1.65 bits per heavy atom. The second kappa shape index (κ2) is 8.86. The van der Waals surface area contributed by atoms with E-state index in [0.29, 0.717) is 11.6 Å². The number of benzene rings is 2. The standard InChI is InChI=1S/C21H23ClN2O2/c22-18-11-9-15(10-12-18)19-8-4-3-7-17(19)13-23-20(25)14-24-21(26)16-5-1-2-6-16/h3-4,7-12,16H,1-2,5-6,13-14H2,(H,23,25)(H,24,26). The number of nitrogens with one attached hydrogen (secondary N) is 2. The van der Waals surface area contributed by atoms with Crippen LogP contribution in [0.4, 0.5) is 0 Å². The zero-order valence-electron chi connectivity index (χ0n) is 14.6. The van der Waals surface area contributed by atoms with Gasteiger partial charge < -0.3 is 10.6 Å². The highest BCUT2D eigenvalue weighted by Gasteiger charge is 2.22. The third kappa shape index (κ3) is 4.85. The van der Waals surface area contributed by atoms with E-state index in [1.165, 1.54) is 0 Å². The van der Waals surface area contributed by atoms with Crippen molar-refractivity contribution in [2.24, 2.45) is 5.92 Å². The van der Waals surface area contributed by atoms with E-state index in [0.717, 1.165) is 42.4 Å². The average molecular weight is 371 g/mol. The molecule has 0 radical (unpaired) electrons. The van der Waals surface area contributed by atoms with Crippen LogP contribution in [0.25, 0.3) is 11.1 Å². The maximum Gasteiger partial charge on any atom is 0.239 e. The fourth-order valence-electron chi connectivity index (χ4n) is 3.34. The van der Waals surface area contributed by atoms with Gasteiger partial charge in [-0.1, -0.05) is 60.8 Å². The zero-order valence-corrected chi connectivity index (χ0v) is 15.4. The summed E-state index contributed by atoms with van der Waals surface area (Å²) < 4.78 is 0. The molecule has 2 N–H and O–H groups in total. The molecule has 0 spiro atoms. The third-order valence-electron chi connectivity index (χ3n) is 4.80. The molecule has 5 heteroatoms. The number of carbonyl (C=O) groups excluding carboxylic acids is 2. The first-order chi connectivity index (χ1) is 12.6. The minimum Gasteiger partial charge on any atom is -0.350 e. The Balaban J connectivity index is 1.55. The minimum atomic E-state index is -0.178. The Morgan fingerprint density at radius 3 is 2.38 bits per heavy atom. The summed E-state index contributed by atoms with van der Waals surface area (Å²) in [6.07, 6.45) is 4.07. The van der Waals surface area contributed by atoms with Gasteiger partial charge in [0.1, 0.15) is 0 Å². The summed E-state index contributed by atoms with van der Waals surface area (Å²) >= 11 is 5.96. The largest absolute Gasteiger partial charge is 0.350 e. The Kier molecular flexibility index (Phi) is 6.29. The highest BCUT2D eigenvalue weighted by Crippen LogP contribution is 2.25. The molecule has 2 aromatic carbocycles. The van der Waals surface area contributed by atoms with Crippen LogP contribution in [0, 0.1) is 5.92 Å². The lowest BCUT2D eigenvalue weighted by Crippen LogP contribution is -2.38. The van der Waals surface area contributed by atoms with Gasteiger partial charge in [-0.3, -0.25) is 9.59 Å². The molecule has 0 aliphatic heterocycles. The summed E-state index contributed by atoms with van der Waals surface area (Å²) in [7, 11) is 0. The quantitative estimate of drug-likeness (QED) is 0.809. The van der Waals surface area contributed by atoms with Gasteiger partial charge in [-0.25, -0.2) is 0 Å². The predicted octanol–water partition coefficient (Wildman–Crippen LogP) is 3.93. The van der Waals surface area contributed by atoms with Crippen LogP contribution in [0.15, 0.2) is 48.5 Å². The molecule has 0 unspecified atom stereocenters. The number of carbonyl (C=O) groups is 2. The molecule has 1 fully saturated rings. The van der Waals surface area contributed by atoms with E-state index in [1.807, 2.05) is 48.5 Å². The van der Waals surface area contributed by atoms with E-state index in [4.69, 9.17) is 11.6 Å². The summed E-state index contributed by atoms with van der Waals surface area (Å²) in [5.74, 6) is -0.102. The van der Waals surface area contributed by atoms with Crippen molar-refractivity contribution in [3.05, 3.63) is 59.1 Å². The molecule has 1 aliphatic carbocycles. The van der Waals surface area contributed by atoms with Crippen molar-refractivity contribution < 1.29 is 9.59 Å². The summed E-state index contributed by atoms with van der Waals surface area (Å²) in [6.45, 7) is 0.440. The molecule has 136 valence electrons. The molecule has 1 aliphatic rings. The van der Waals surface area contributed by atoms with Gasteiger partial charge in [0.25, 0.3) is 0 Å². The lowest BCUT2D eigenvalue weighted by atomic mass is 10.00. The average Bonchev–Trinajstić information content (AvgIpc) is 3.20.